The van der Waals surface area contributed by atoms with Crippen molar-refractivity contribution in [2.45, 2.75) is 38.6 Å². The van der Waals surface area contributed by atoms with Crippen LogP contribution in [0.25, 0.3) is 0 Å². The number of carbonyl (C=O) groups excluding carboxylic acids is 3. The number of nitrogens with one attached hydrogen (secondary N) is 2. The number of aliphatic hydroxyl groups is 1. The van der Waals surface area contributed by atoms with E-state index in [4.69, 9.17) is 9.84 Å². The van der Waals surface area contributed by atoms with E-state index in [1.54, 1.807) is 19.1 Å². The van der Waals surface area contributed by atoms with Crippen molar-refractivity contribution in [3.05, 3.63) is 61.2 Å². The van der Waals surface area contributed by atoms with Crippen LogP contribution in [0.2, 0.25) is 0 Å². The molecule has 0 fully saturated rings. The van der Waals surface area contributed by atoms with Crippen LogP contribution in [0.15, 0.2) is 55.6 Å². The number of rotatable bonds is 15. The molecule has 0 aromatic heterocycles. The molecular weight excluding hydrogens is 396 g/mol. The number of carbonyl (C=O) groups is 3. The van der Waals surface area contributed by atoms with Gasteiger partial charge in [-0.05, 0) is 31.7 Å². The predicted molar refractivity (Wildman–Crippen MR) is 120 cm³/mol. The van der Waals surface area contributed by atoms with E-state index in [1.165, 1.54) is 0 Å². The molecule has 0 saturated carbocycles. The highest BCUT2D eigenvalue weighted by Gasteiger charge is 2.22. The van der Waals surface area contributed by atoms with Gasteiger partial charge in [0.05, 0.1) is 25.0 Å². The Bertz CT molecular complexity index is 720. The first-order valence-corrected chi connectivity index (χ1v) is 10.5. The minimum absolute atomic E-state index is 0.0134. The number of esters is 1. The average Bonchev–Trinajstić information content (AvgIpc) is 2.76. The number of hydrogen-bond acceptors (Lipinski definition) is 5. The molecule has 0 radical (unpaired) electrons. The molecule has 1 aromatic rings. The van der Waals surface area contributed by atoms with Gasteiger partial charge >= 0.3 is 5.97 Å². The van der Waals surface area contributed by atoms with Crippen molar-refractivity contribution in [3.63, 3.8) is 0 Å². The van der Waals surface area contributed by atoms with Crippen LogP contribution in [-0.2, 0) is 25.5 Å². The molecular formula is C24H34N2O5. The first-order chi connectivity index (χ1) is 14.9. The third-order valence-electron chi connectivity index (χ3n) is 4.69. The normalized spacial score (nSPS) is 13.4. The Balaban J connectivity index is 2.47. The van der Waals surface area contributed by atoms with Gasteiger partial charge in [0, 0.05) is 12.5 Å². The maximum absolute atomic E-state index is 12.4. The fourth-order valence-corrected chi connectivity index (χ4v) is 3.04. The standard InChI is InChI=1S/C24H34N2O5/c1-4-9-20(16-22(28)26-18(3)17-27)23(29)25-13-14-31-24(30)21(10-5-2)15-19-11-7-6-8-12-19/h4-8,11-12,18,20-21,27H,1-2,9-10,13-17H2,3H3,(H,25,29)(H,26,28). The topological polar surface area (TPSA) is 105 Å². The molecule has 0 aliphatic rings. The Morgan fingerprint density at radius 1 is 1.10 bits per heavy atom. The van der Waals surface area contributed by atoms with E-state index < -0.39 is 5.92 Å². The van der Waals surface area contributed by atoms with Gasteiger partial charge in [-0.2, -0.15) is 0 Å². The Kier molecular flexibility index (Phi) is 12.6. The van der Waals surface area contributed by atoms with E-state index in [9.17, 15) is 14.4 Å². The molecule has 170 valence electrons. The quantitative estimate of drug-likeness (QED) is 0.225. The largest absolute Gasteiger partial charge is 0.464 e. The van der Waals surface area contributed by atoms with E-state index in [0.29, 0.717) is 19.3 Å². The lowest BCUT2D eigenvalue weighted by Gasteiger charge is -2.18. The third kappa shape index (κ3) is 10.6. The van der Waals surface area contributed by atoms with Gasteiger partial charge in [-0.3, -0.25) is 14.4 Å². The molecule has 3 N–H and O–H groups in total. The van der Waals surface area contributed by atoms with E-state index in [2.05, 4.69) is 23.8 Å². The van der Waals surface area contributed by atoms with Gasteiger partial charge in [-0.25, -0.2) is 0 Å². The summed E-state index contributed by atoms with van der Waals surface area (Å²) in [5.41, 5.74) is 1.04. The molecule has 0 heterocycles. The van der Waals surface area contributed by atoms with Crippen LogP contribution in [0.3, 0.4) is 0 Å². The number of amides is 2. The zero-order chi connectivity index (χ0) is 23.1. The molecule has 0 aliphatic carbocycles. The maximum Gasteiger partial charge on any atom is 0.309 e. The van der Waals surface area contributed by atoms with Gasteiger partial charge in [-0.15, -0.1) is 13.2 Å². The molecule has 7 nitrogen and oxygen atoms in total. The molecule has 1 rings (SSSR count). The second-order valence-electron chi connectivity index (χ2n) is 7.45. The Morgan fingerprint density at radius 3 is 2.35 bits per heavy atom. The smallest absolute Gasteiger partial charge is 0.309 e. The number of hydrogen-bond donors (Lipinski definition) is 3. The second-order valence-corrected chi connectivity index (χ2v) is 7.45. The van der Waals surface area contributed by atoms with Crippen molar-refractivity contribution in [3.8, 4) is 0 Å². The molecule has 0 aliphatic heterocycles. The summed E-state index contributed by atoms with van der Waals surface area (Å²) >= 11 is 0. The summed E-state index contributed by atoms with van der Waals surface area (Å²) in [6.45, 7) is 9.03. The van der Waals surface area contributed by atoms with Crippen molar-refractivity contribution in [2.24, 2.45) is 11.8 Å². The van der Waals surface area contributed by atoms with Crippen LogP contribution in [0.1, 0.15) is 31.7 Å². The molecule has 0 spiro atoms. The van der Waals surface area contributed by atoms with Gasteiger partial charge in [0.15, 0.2) is 0 Å². The average molecular weight is 431 g/mol. The molecule has 1 aromatic carbocycles. The monoisotopic (exact) mass is 430 g/mol. The summed E-state index contributed by atoms with van der Waals surface area (Å²) in [5, 5.41) is 14.3. The van der Waals surface area contributed by atoms with Gasteiger partial charge < -0.3 is 20.5 Å². The van der Waals surface area contributed by atoms with Crippen LogP contribution >= 0.6 is 0 Å². The fraction of sp³-hybridized carbons (Fsp3) is 0.458. The summed E-state index contributed by atoms with van der Waals surface area (Å²) in [5.74, 6) is -1.87. The fourth-order valence-electron chi connectivity index (χ4n) is 3.04. The Hall–Kier alpha value is -2.93. The zero-order valence-electron chi connectivity index (χ0n) is 18.2. The summed E-state index contributed by atoms with van der Waals surface area (Å²) in [7, 11) is 0. The summed E-state index contributed by atoms with van der Waals surface area (Å²) < 4.78 is 5.34. The summed E-state index contributed by atoms with van der Waals surface area (Å²) in [6.07, 6.45) is 4.66. The molecule has 3 unspecified atom stereocenters. The minimum Gasteiger partial charge on any atom is -0.464 e. The predicted octanol–water partition coefficient (Wildman–Crippen LogP) is 2.16. The third-order valence-corrected chi connectivity index (χ3v) is 4.69. The Morgan fingerprint density at radius 2 is 1.74 bits per heavy atom. The first kappa shape index (κ1) is 26.1. The Labute approximate surface area is 184 Å². The highest BCUT2D eigenvalue weighted by molar-refractivity contribution is 5.86. The van der Waals surface area contributed by atoms with Crippen molar-refractivity contribution in [2.75, 3.05) is 19.8 Å². The van der Waals surface area contributed by atoms with Crippen LogP contribution < -0.4 is 10.6 Å². The number of aliphatic hydroxyl groups excluding tert-OH is 1. The van der Waals surface area contributed by atoms with E-state index >= 15 is 0 Å². The van der Waals surface area contributed by atoms with Crippen LogP contribution in [0.5, 0.6) is 0 Å². The number of benzene rings is 1. The molecule has 2 amide bonds. The van der Waals surface area contributed by atoms with E-state index in [1.807, 2.05) is 30.3 Å². The van der Waals surface area contributed by atoms with Crippen LogP contribution in [-0.4, -0.2) is 48.7 Å². The highest BCUT2D eigenvalue weighted by Crippen LogP contribution is 2.15. The van der Waals surface area contributed by atoms with Crippen molar-refractivity contribution < 1.29 is 24.2 Å². The lowest BCUT2D eigenvalue weighted by Crippen LogP contribution is -2.39. The lowest BCUT2D eigenvalue weighted by atomic mass is 9.96. The van der Waals surface area contributed by atoms with Gasteiger partial charge in [0.2, 0.25) is 11.8 Å². The summed E-state index contributed by atoms with van der Waals surface area (Å²) in [6, 6.07) is 9.31. The zero-order valence-corrected chi connectivity index (χ0v) is 18.2. The lowest BCUT2D eigenvalue weighted by molar-refractivity contribution is -0.148. The molecule has 0 saturated heterocycles. The van der Waals surface area contributed by atoms with Gasteiger partial charge in [0.25, 0.3) is 0 Å². The van der Waals surface area contributed by atoms with Crippen molar-refractivity contribution >= 4 is 17.8 Å². The molecule has 31 heavy (non-hydrogen) atoms. The van der Waals surface area contributed by atoms with Crippen molar-refractivity contribution in [1.82, 2.24) is 10.6 Å². The molecule has 0 bridgehead atoms. The van der Waals surface area contributed by atoms with E-state index in [-0.39, 0.29) is 55.9 Å². The van der Waals surface area contributed by atoms with E-state index in [0.717, 1.165) is 5.56 Å². The summed E-state index contributed by atoms with van der Waals surface area (Å²) in [4.78, 5) is 36.8. The van der Waals surface area contributed by atoms with Crippen LogP contribution in [0, 0.1) is 11.8 Å². The number of ether oxygens (including phenoxy) is 1. The van der Waals surface area contributed by atoms with Crippen LogP contribution in [0.4, 0.5) is 0 Å². The minimum atomic E-state index is -0.578. The van der Waals surface area contributed by atoms with Gasteiger partial charge in [0.1, 0.15) is 6.61 Å². The van der Waals surface area contributed by atoms with Gasteiger partial charge in [-0.1, -0.05) is 42.5 Å². The maximum atomic E-state index is 12.4. The van der Waals surface area contributed by atoms with Crippen molar-refractivity contribution in [1.29, 1.82) is 0 Å². The first-order valence-electron chi connectivity index (χ1n) is 10.5. The molecule has 3 atom stereocenters. The number of allylic oxidation sites excluding steroid dienone is 2. The molecule has 7 heteroatoms. The second kappa shape index (κ2) is 15.0. The SMILES string of the molecule is C=CCC(CC(=O)NC(C)CO)C(=O)NCCOC(=O)C(CC=C)Cc1ccccc1. The highest BCUT2D eigenvalue weighted by atomic mass is 16.5.